The molecule has 0 aliphatic carbocycles. The Kier molecular flexibility index (Phi) is 2.84. The highest BCUT2D eigenvalue weighted by Crippen LogP contribution is 1.97. The van der Waals surface area contributed by atoms with Crippen molar-refractivity contribution in [3.05, 3.63) is 0 Å². The lowest BCUT2D eigenvalue weighted by Gasteiger charge is -1.60. The first kappa shape index (κ1) is 5.01. The van der Waals surface area contributed by atoms with Crippen molar-refractivity contribution in [1.29, 1.82) is 0 Å². The van der Waals surface area contributed by atoms with E-state index < -0.39 is 4.26 Å². The lowest BCUT2D eigenvalue weighted by atomic mass is 10.6. The molecule has 0 aromatic heterocycles. The van der Waals surface area contributed by atoms with E-state index in [1.807, 2.05) is 0 Å². The van der Waals surface area contributed by atoms with Gasteiger partial charge in [0.15, 0.2) is 0 Å². The van der Waals surface area contributed by atoms with E-state index in [0.717, 1.165) is 0 Å². The maximum absolute atomic E-state index is 10.8. The summed E-state index contributed by atoms with van der Waals surface area (Å²) in [7, 11) is 0. The molecule has 4 heavy (non-hydrogen) atoms. The smallest absolute Gasteiger partial charge is 0.296 e. The van der Waals surface area contributed by atoms with Gasteiger partial charge in [-0.25, -0.2) is 0 Å². The Balaban J connectivity index is 2.32. The van der Waals surface area contributed by atoms with Gasteiger partial charge in [-0.2, -0.15) is 0 Å². The van der Waals surface area contributed by atoms with Crippen LogP contribution in [-0.2, 0) is 0 Å². The maximum atomic E-state index is 10.8. The molecule has 0 rings (SSSR count). The van der Waals surface area contributed by atoms with Gasteiger partial charge in [0.2, 0.25) is 0 Å². The molecule has 0 saturated carbocycles. The van der Waals surface area contributed by atoms with E-state index in [9.17, 15) is 4.32 Å². The molecule has 0 nitrogen and oxygen atoms in total. The Morgan fingerprint density at radius 3 is 2.00 bits per heavy atom. The van der Waals surface area contributed by atoms with Crippen molar-refractivity contribution in [2.75, 3.05) is 0 Å². The zero-order valence-corrected chi connectivity index (χ0v) is 4.62. The lowest BCUT2D eigenvalue weighted by molar-refractivity contribution is 0.890. The first-order chi connectivity index (χ1) is 1.73. The predicted octanol–water partition coefficient (Wildman–Crippen LogP) is 1.61. The van der Waals surface area contributed by atoms with E-state index in [-0.39, 0.29) is 0 Å². The second kappa shape index (κ2) is 2.26. The standard InChI is InChI=1S/BClFI/c2-1(3)4. The van der Waals surface area contributed by atoms with E-state index >= 15 is 0 Å². The Hall–Kier alpha value is 1.01. The van der Waals surface area contributed by atoms with Crippen LogP contribution in [0.25, 0.3) is 0 Å². The highest BCUT2D eigenvalue weighted by atomic mass is 127. The number of hydrogen-bond donors (Lipinski definition) is 0. The number of halogens is 3. The Bertz CT molecular complexity index is 12.8. The van der Waals surface area contributed by atoms with E-state index in [1.54, 1.807) is 0 Å². The van der Waals surface area contributed by atoms with Gasteiger partial charge in [0.05, 0.1) is 0 Å². The molecule has 0 aromatic rings. The fraction of sp³-hybridized carbons (Fsp3) is 0. The molecular weight excluding hydrogens is 192 g/mol. The monoisotopic (exact) mass is 192 g/mol. The van der Waals surface area contributed by atoms with Crippen LogP contribution >= 0.6 is 33.8 Å². The molecule has 24 valence electrons. The highest BCUT2D eigenvalue weighted by molar-refractivity contribution is 14.1. The van der Waals surface area contributed by atoms with E-state index in [2.05, 4.69) is 11.5 Å². The summed E-state index contributed by atoms with van der Waals surface area (Å²) in [5, 5.41) is 0. The Labute approximate surface area is 42.6 Å². The van der Waals surface area contributed by atoms with Crippen LogP contribution in [0.15, 0.2) is 0 Å². The highest BCUT2D eigenvalue weighted by Gasteiger charge is 1.94. The summed E-state index contributed by atoms with van der Waals surface area (Å²) >= 11 is 6.04. The molecule has 0 spiro atoms. The van der Waals surface area contributed by atoms with Gasteiger partial charge in [-0.3, -0.25) is 4.32 Å². The van der Waals surface area contributed by atoms with Crippen LogP contribution in [0.2, 0.25) is 0 Å². The summed E-state index contributed by atoms with van der Waals surface area (Å²) in [6, 6.07) is 0. The molecular formula is BClFI. The molecule has 0 aromatic carbocycles. The van der Waals surface area contributed by atoms with Gasteiger partial charge in [-0.1, -0.05) is 22.4 Å². The minimum absolute atomic E-state index is 1.22. The zero-order valence-electron chi connectivity index (χ0n) is 1.71. The average molecular weight is 192 g/mol. The number of rotatable bonds is 0. The van der Waals surface area contributed by atoms with Crippen LogP contribution in [-0.4, -0.2) is 4.26 Å². The van der Waals surface area contributed by atoms with Gasteiger partial charge in [0.1, 0.15) is 0 Å². The molecule has 0 bridgehead atoms. The topological polar surface area (TPSA) is 0 Å². The van der Waals surface area contributed by atoms with Crippen molar-refractivity contribution in [1.82, 2.24) is 0 Å². The molecule has 0 saturated heterocycles. The summed E-state index contributed by atoms with van der Waals surface area (Å²) in [6.45, 7) is 0. The molecule has 0 radical (unpaired) electrons. The van der Waals surface area contributed by atoms with Gasteiger partial charge >= 0.3 is 4.26 Å². The first-order valence-corrected chi connectivity index (χ1v) is 2.34. The molecule has 0 fully saturated rings. The molecule has 0 aliphatic heterocycles. The third-order valence-electron chi connectivity index (χ3n) is 0. The average Bonchev–Trinajstić information content (AvgIpc) is 0.811. The summed E-state index contributed by atoms with van der Waals surface area (Å²) in [4.78, 5) is 0. The van der Waals surface area contributed by atoms with Crippen molar-refractivity contribution < 1.29 is 4.32 Å². The molecule has 0 atom stereocenters. The van der Waals surface area contributed by atoms with Crippen molar-refractivity contribution in [3.8, 4) is 0 Å². The van der Waals surface area contributed by atoms with Gasteiger partial charge < -0.3 is 0 Å². The fourth-order valence-corrected chi connectivity index (χ4v) is 0. The molecule has 0 aliphatic rings. The summed E-state index contributed by atoms with van der Waals surface area (Å²) < 4.78 is 9.53. The Morgan fingerprint density at radius 2 is 2.00 bits per heavy atom. The van der Waals surface area contributed by atoms with E-state index in [1.165, 1.54) is 22.4 Å². The molecule has 0 unspecified atom stereocenters. The predicted molar refractivity (Wildman–Crippen MR) is 26.7 cm³/mol. The van der Waals surface area contributed by atoms with Gasteiger partial charge in [0, 0.05) is 0 Å². The fourth-order valence-electron chi connectivity index (χ4n) is 0. The molecule has 0 amide bonds. The first-order valence-electron chi connectivity index (χ1n) is 0.655. The van der Waals surface area contributed by atoms with E-state index in [4.69, 9.17) is 0 Å². The SMILES string of the molecule is FB(Cl)I. The van der Waals surface area contributed by atoms with E-state index in [0.29, 0.717) is 0 Å². The largest absolute Gasteiger partial charge is 0.514 e. The van der Waals surface area contributed by atoms with Crippen LogP contribution < -0.4 is 0 Å². The van der Waals surface area contributed by atoms with Gasteiger partial charge in [-0.05, 0) is 0 Å². The van der Waals surface area contributed by atoms with Gasteiger partial charge in [-0.15, -0.1) is 11.5 Å². The zero-order chi connectivity index (χ0) is 3.58. The second-order valence-electron chi connectivity index (χ2n) is 0.247. The third-order valence-corrected chi connectivity index (χ3v) is 0. The summed E-state index contributed by atoms with van der Waals surface area (Å²) in [5.41, 5.74) is 0. The number of hydrogen-bond acceptors (Lipinski definition) is 0. The Morgan fingerprint density at radius 1 is 2.00 bits per heavy atom. The lowest BCUT2D eigenvalue weighted by Crippen LogP contribution is -1.67. The maximum Gasteiger partial charge on any atom is 0.514 e. The van der Waals surface area contributed by atoms with Crippen LogP contribution in [0.4, 0.5) is 4.32 Å². The van der Waals surface area contributed by atoms with Gasteiger partial charge in [0.25, 0.3) is 0 Å². The normalized spacial score (nSPS) is 6.75. The van der Waals surface area contributed by atoms with Crippen molar-refractivity contribution in [2.24, 2.45) is 0 Å². The second-order valence-corrected chi connectivity index (χ2v) is 2.46. The minimum Gasteiger partial charge on any atom is -0.296 e. The van der Waals surface area contributed by atoms with Crippen molar-refractivity contribution in [3.63, 3.8) is 0 Å². The van der Waals surface area contributed by atoms with Crippen molar-refractivity contribution in [2.45, 2.75) is 0 Å². The summed E-state index contributed by atoms with van der Waals surface area (Å²) in [6.07, 6.45) is 0. The molecule has 0 N–H and O–H groups in total. The van der Waals surface area contributed by atoms with Crippen molar-refractivity contribution >= 4 is 38.1 Å². The quantitative estimate of drug-likeness (QED) is 0.404. The summed E-state index contributed by atoms with van der Waals surface area (Å²) in [5.74, 6) is 0. The third kappa shape index (κ3) is 11.9. The van der Waals surface area contributed by atoms with Crippen LogP contribution in [0.1, 0.15) is 0 Å². The van der Waals surface area contributed by atoms with Crippen LogP contribution in [0, 0.1) is 0 Å². The van der Waals surface area contributed by atoms with Crippen LogP contribution in [0.5, 0.6) is 0 Å². The molecule has 4 heteroatoms. The minimum atomic E-state index is -1.22. The molecule has 0 heterocycles. The van der Waals surface area contributed by atoms with Crippen LogP contribution in [0.3, 0.4) is 0 Å².